The number of ether oxygens (including phenoxy) is 1. The van der Waals surface area contributed by atoms with Crippen molar-refractivity contribution in [2.45, 2.75) is 51.7 Å². The van der Waals surface area contributed by atoms with E-state index in [2.05, 4.69) is 25.6 Å². The van der Waals surface area contributed by atoms with Gasteiger partial charge in [0.05, 0.1) is 17.2 Å². The zero-order valence-corrected chi connectivity index (χ0v) is 19.1. The van der Waals surface area contributed by atoms with Gasteiger partial charge in [-0.1, -0.05) is 0 Å². The number of fused-ring (bicyclic) bond motifs is 3. The van der Waals surface area contributed by atoms with Crippen molar-refractivity contribution in [1.82, 2.24) is 15.3 Å². The van der Waals surface area contributed by atoms with E-state index >= 15 is 0 Å². The van der Waals surface area contributed by atoms with Crippen LogP contribution < -0.4 is 21.1 Å². The maximum absolute atomic E-state index is 9.25. The summed E-state index contributed by atoms with van der Waals surface area (Å²) >= 11 is 1.62. The van der Waals surface area contributed by atoms with Gasteiger partial charge in [0.1, 0.15) is 22.7 Å². The molecule has 0 bridgehead atoms. The van der Waals surface area contributed by atoms with E-state index in [1.54, 1.807) is 37.0 Å². The number of aliphatic imine (C=N–C) groups is 1. The third-order valence-electron chi connectivity index (χ3n) is 5.30. The van der Waals surface area contributed by atoms with Gasteiger partial charge in [0.15, 0.2) is 0 Å². The smallest absolute Gasteiger partial charge is 0.211 e. The first-order chi connectivity index (χ1) is 15.4. The Morgan fingerprint density at radius 3 is 2.84 bits per heavy atom. The molecular formula is C22H28N6O3S. The first-order valence-corrected chi connectivity index (χ1v) is 11.3. The van der Waals surface area contributed by atoms with E-state index in [0.717, 1.165) is 34.3 Å². The number of nitrogens with two attached hydrogens (primary N) is 1. The summed E-state index contributed by atoms with van der Waals surface area (Å²) in [7, 11) is 1.70. The maximum Gasteiger partial charge on any atom is 0.211 e. The van der Waals surface area contributed by atoms with Gasteiger partial charge in [0.25, 0.3) is 0 Å². The highest BCUT2D eigenvalue weighted by Gasteiger charge is 2.26. The van der Waals surface area contributed by atoms with E-state index in [1.807, 2.05) is 19.9 Å². The second-order valence-electron chi connectivity index (χ2n) is 8.04. The van der Waals surface area contributed by atoms with E-state index in [-0.39, 0.29) is 12.1 Å². The Balaban J connectivity index is 1.74. The van der Waals surface area contributed by atoms with Crippen molar-refractivity contribution in [3.63, 3.8) is 0 Å². The van der Waals surface area contributed by atoms with E-state index < -0.39 is 6.41 Å². The van der Waals surface area contributed by atoms with Crippen molar-refractivity contribution < 1.29 is 14.9 Å². The number of nitrogens with zero attached hydrogens (tertiary/aromatic N) is 3. The van der Waals surface area contributed by atoms with Gasteiger partial charge in [0.2, 0.25) is 6.41 Å². The van der Waals surface area contributed by atoms with Gasteiger partial charge in [-0.3, -0.25) is 10.3 Å². The Morgan fingerprint density at radius 1 is 1.31 bits per heavy atom. The number of aliphatic hydroxyl groups is 2. The highest BCUT2D eigenvalue weighted by molar-refractivity contribution is 7.19. The summed E-state index contributed by atoms with van der Waals surface area (Å²) in [6.07, 6.45) is 4.04. The van der Waals surface area contributed by atoms with E-state index in [0.29, 0.717) is 23.7 Å². The lowest BCUT2D eigenvalue weighted by atomic mass is 9.93. The quantitative estimate of drug-likeness (QED) is 0.208. The number of thiophene rings is 1. The first-order valence-electron chi connectivity index (χ1n) is 10.5. The number of hydrogen-bond acceptors (Lipinski definition) is 10. The summed E-state index contributed by atoms with van der Waals surface area (Å²) in [5.41, 5.74) is 9.53. The maximum atomic E-state index is 9.25. The molecule has 0 fully saturated rings. The largest absolute Gasteiger partial charge is 0.489 e. The van der Waals surface area contributed by atoms with E-state index in [4.69, 9.17) is 10.5 Å². The Labute approximate surface area is 190 Å². The first kappa shape index (κ1) is 22.4. The van der Waals surface area contributed by atoms with Crippen LogP contribution in [0.25, 0.3) is 10.2 Å². The van der Waals surface area contributed by atoms with Crippen molar-refractivity contribution in [1.29, 1.82) is 0 Å². The predicted molar refractivity (Wildman–Crippen MR) is 128 cm³/mol. The van der Waals surface area contributed by atoms with Crippen LogP contribution in [0.15, 0.2) is 23.5 Å². The van der Waals surface area contributed by atoms with Gasteiger partial charge in [-0.15, -0.1) is 11.3 Å². The number of aliphatic hydroxyl groups excluding tert-OH is 1. The molecule has 6 N–H and O–H groups in total. The van der Waals surface area contributed by atoms with Gasteiger partial charge in [-0.05, 0) is 44.7 Å². The summed E-state index contributed by atoms with van der Waals surface area (Å²) in [6, 6.07) is 3.73. The highest BCUT2D eigenvalue weighted by atomic mass is 32.1. The Kier molecular flexibility index (Phi) is 6.56. The molecule has 1 aliphatic rings. The minimum absolute atomic E-state index is 0.0129. The van der Waals surface area contributed by atoms with Crippen LogP contribution in [-0.2, 0) is 12.8 Å². The number of rotatable bonds is 7. The number of aromatic nitrogens is 2. The fourth-order valence-electron chi connectivity index (χ4n) is 4.00. The Hall–Kier alpha value is -2.79. The molecule has 1 aromatic carbocycles. The average molecular weight is 457 g/mol. The molecule has 0 saturated carbocycles. The molecule has 2 aromatic heterocycles. The summed E-state index contributed by atoms with van der Waals surface area (Å²) in [6.45, 7) is 3.93. The summed E-state index contributed by atoms with van der Waals surface area (Å²) in [5, 5.41) is 25.7. The van der Waals surface area contributed by atoms with Crippen molar-refractivity contribution in [3.8, 4) is 5.75 Å². The number of benzene rings is 1. The lowest BCUT2D eigenvalue weighted by molar-refractivity contribution is -0.0742. The molecule has 3 aromatic rings. The van der Waals surface area contributed by atoms with Crippen LogP contribution in [0.3, 0.4) is 0 Å². The van der Waals surface area contributed by atoms with Gasteiger partial charge in [0, 0.05) is 41.5 Å². The normalized spacial score (nSPS) is 16.3. The second kappa shape index (κ2) is 9.37. The number of anilines is 3. The van der Waals surface area contributed by atoms with Gasteiger partial charge in [-0.25, -0.2) is 9.97 Å². The number of nitrogens with one attached hydrogen (secondary N) is 2. The fraction of sp³-hybridized carbons (Fsp3) is 0.409. The van der Waals surface area contributed by atoms with Crippen LogP contribution in [0, 0.1) is 0 Å². The van der Waals surface area contributed by atoms with Crippen LogP contribution >= 0.6 is 11.3 Å². The van der Waals surface area contributed by atoms with Crippen LogP contribution in [0.2, 0.25) is 0 Å². The molecule has 4 rings (SSSR count). The molecule has 0 saturated heterocycles. The number of aryl methyl sites for hydroxylation is 1. The predicted octanol–water partition coefficient (Wildman–Crippen LogP) is 2.57. The molecule has 170 valence electrons. The zero-order chi connectivity index (χ0) is 22.8. The summed E-state index contributed by atoms with van der Waals surface area (Å²) in [5.74, 6) is 1.35. The number of hydrogen-bond donors (Lipinski definition) is 5. The molecule has 1 unspecified atom stereocenters. The van der Waals surface area contributed by atoms with E-state index in [1.165, 1.54) is 10.4 Å². The van der Waals surface area contributed by atoms with Gasteiger partial charge in [-0.2, -0.15) is 0 Å². The average Bonchev–Trinajstić information content (AvgIpc) is 3.09. The van der Waals surface area contributed by atoms with Crippen molar-refractivity contribution in [3.05, 3.63) is 34.5 Å². The molecule has 32 heavy (non-hydrogen) atoms. The van der Waals surface area contributed by atoms with E-state index in [9.17, 15) is 10.2 Å². The van der Waals surface area contributed by atoms with Crippen LogP contribution in [-0.4, -0.2) is 52.0 Å². The van der Waals surface area contributed by atoms with Crippen molar-refractivity contribution >= 4 is 45.0 Å². The minimum atomic E-state index is -1.52. The lowest BCUT2D eigenvalue weighted by Crippen LogP contribution is -2.41. The van der Waals surface area contributed by atoms with Crippen LogP contribution in [0.1, 0.15) is 36.3 Å². The van der Waals surface area contributed by atoms with Crippen molar-refractivity contribution in [2.24, 2.45) is 4.99 Å². The molecule has 9 nitrogen and oxygen atoms in total. The zero-order valence-electron chi connectivity index (χ0n) is 18.3. The molecule has 0 aliphatic heterocycles. The Morgan fingerprint density at radius 2 is 2.12 bits per heavy atom. The molecule has 1 atom stereocenters. The molecule has 2 heterocycles. The third kappa shape index (κ3) is 4.68. The molecule has 10 heteroatoms. The third-order valence-corrected chi connectivity index (χ3v) is 6.46. The molecule has 0 spiro atoms. The fourth-order valence-corrected chi connectivity index (χ4v) is 5.26. The number of nitrogen functional groups attached to an aromatic ring is 1. The standard InChI is InChI=1S/C22H28N6O3S/c1-11(2)31-17-8-15(23)12(9-24-3)6-16(17)28-20-19-14-5-4-13(27-22(29)30)7-18(14)32-21(19)26-10-25-20/h6,8-11,13,22,27,29-30H,4-5,7,23H2,1-3H3,(H,25,26,28). The summed E-state index contributed by atoms with van der Waals surface area (Å²) in [4.78, 5) is 15.2. The monoisotopic (exact) mass is 456 g/mol. The minimum Gasteiger partial charge on any atom is -0.489 e. The Bertz CT molecular complexity index is 1140. The second-order valence-corrected chi connectivity index (χ2v) is 9.13. The van der Waals surface area contributed by atoms with Crippen molar-refractivity contribution in [2.75, 3.05) is 18.1 Å². The molecule has 1 aliphatic carbocycles. The topological polar surface area (TPSA) is 138 Å². The van der Waals surface area contributed by atoms with Gasteiger partial charge < -0.3 is 26.0 Å². The molecule has 0 radical (unpaired) electrons. The lowest BCUT2D eigenvalue weighted by Gasteiger charge is -2.24. The molecular weight excluding hydrogens is 428 g/mol. The highest BCUT2D eigenvalue weighted by Crippen LogP contribution is 2.40. The summed E-state index contributed by atoms with van der Waals surface area (Å²) < 4.78 is 6.01. The van der Waals surface area contributed by atoms with Crippen LogP contribution in [0.4, 0.5) is 17.2 Å². The SMILES string of the molecule is CN=Cc1cc(Nc2ncnc3sc4c(c23)CCC(NC(O)O)C4)c(OC(C)C)cc1N. The van der Waals surface area contributed by atoms with Gasteiger partial charge >= 0.3 is 0 Å². The van der Waals surface area contributed by atoms with Crippen LogP contribution in [0.5, 0.6) is 5.75 Å². The molecule has 0 amide bonds.